The zero-order valence-corrected chi connectivity index (χ0v) is 9.89. The fraction of sp³-hybridized carbons (Fsp3) is 1.00. The van der Waals surface area contributed by atoms with Gasteiger partial charge in [0, 0.05) is 7.11 Å². The van der Waals surface area contributed by atoms with Crippen molar-refractivity contribution in [1.29, 1.82) is 0 Å². The molecule has 15 heavy (non-hydrogen) atoms. The van der Waals surface area contributed by atoms with Crippen LogP contribution >= 0.6 is 7.82 Å². The lowest BCUT2D eigenvalue weighted by molar-refractivity contribution is 0.0110. The highest BCUT2D eigenvalue weighted by Gasteiger charge is 2.44. The van der Waals surface area contributed by atoms with Gasteiger partial charge in [-0.15, -0.1) is 0 Å². The first-order valence-corrected chi connectivity index (χ1v) is 6.31. The predicted molar refractivity (Wildman–Crippen MR) is 52.3 cm³/mol. The Hall–Kier alpha value is 0.0300. The molecule has 0 aliphatic carbocycles. The zero-order chi connectivity index (χ0) is 11.6. The van der Waals surface area contributed by atoms with Gasteiger partial charge in [0.15, 0.2) is 0 Å². The second kappa shape index (κ2) is 4.91. The van der Waals surface area contributed by atoms with E-state index in [1.54, 1.807) is 6.92 Å². The molecule has 0 saturated carbocycles. The Morgan fingerprint density at radius 2 is 2.13 bits per heavy atom. The maximum absolute atomic E-state index is 11.2. The topological polar surface area (TPSA) is 85.2 Å². The van der Waals surface area contributed by atoms with Crippen LogP contribution in [0.15, 0.2) is 0 Å². The summed E-state index contributed by atoms with van der Waals surface area (Å²) in [5.41, 5.74) is 0. The Labute approximate surface area is 88.8 Å². The molecule has 2 N–H and O–H groups in total. The molecule has 0 radical (unpaired) electrons. The van der Waals surface area contributed by atoms with Gasteiger partial charge in [-0.25, -0.2) is 4.57 Å². The molecule has 1 aliphatic rings. The first-order chi connectivity index (χ1) is 6.91. The SMILES string of the molecule is CC[C@H]1O[C@@H](C)[C@@H](O)C1OP(=O)(O)OC. The summed E-state index contributed by atoms with van der Waals surface area (Å²) >= 11 is 0. The summed E-state index contributed by atoms with van der Waals surface area (Å²) in [4.78, 5) is 9.15. The van der Waals surface area contributed by atoms with Gasteiger partial charge in [0.25, 0.3) is 0 Å². The lowest BCUT2D eigenvalue weighted by Gasteiger charge is -2.21. The predicted octanol–water partition coefficient (Wildman–Crippen LogP) is 0.677. The van der Waals surface area contributed by atoms with Crippen LogP contribution in [0.2, 0.25) is 0 Å². The number of phosphoric acid groups is 1. The molecule has 0 bridgehead atoms. The number of hydrogen-bond acceptors (Lipinski definition) is 5. The van der Waals surface area contributed by atoms with Crippen LogP contribution in [0.5, 0.6) is 0 Å². The second-order valence-electron chi connectivity index (χ2n) is 3.50. The van der Waals surface area contributed by atoms with E-state index in [2.05, 4.69) is 4.52 Å². The van der Waals surface area contributed by atoms with E-state index >= 15 is 0 Å². The Morgan fingerprint density at radius 1 is 1.53 bits per heavy atom. The third-order valence-electron chi connectivity index (χ3n) is 2.46. The van der Waals surface area contributed by atoms with Crippen molar-refractivity contribution in [2.75, 3.05) is 7.11 Å². The van der Waals surface area contributed by atoms with Crippen molar-refractivity contribution in [3.05, 3.63) is 0 Å². The van der Waals surface area contributed by atoms with Crippen LogP contribution in [-0.4, -0.2) is 41.5 Å². The largest absolute Gasteiger partial charge is 0.472 e. The van der Waals surface area contributed by atoms with Crippen LogP contribution in [0.4, 0.5) is 0 Å². The van der Waals surface area contributed by atoms with Gasteiger partial charge in [-0.1, -0.05) is 6.92 Å². The first-order valence-electron chi connectivity index (χ1n) is 4.81. The zero-order valence-electron chi connectivity index (χ0n) is 8.99. The Balaban J connectivity index is 2.70. The standard InChI is InChI=1S/C8H17O6P/c1-4-6-8(7(9)5(2)13-6)14-15(10,11)12-3/h5-9H,4H2,1-3H3,(H,10,11)/t5-,6+,7+,8?/m0/s1. The maximum atomic E-state index is 11.2. The van der Waals surface area contributed by atoms with Crippen molar-refractivity contribution >= 4 is 7.82 Å². The van der Waals surface area contributed by atoms with E-state index in [4.69, 9.17) is 14.2 Å². The molecule has 0 aromatic heterocycles. The van der Waals surface area contributed by atoms with Crippen LogP contribution in [0.25, 0.3) is 0 Å². The molecule has 1 heterocycles. The van der Waals surface area contributed by atoms with E-state index in [0.717, 1.165) is 7.11 Å². The second-order valence-corrected chi connectivity index (χ2v) is 5.01. The minimum Gasteiger partial charge on any atom is -0.388 e. The Kier molecular flexibility index (Phi) is 4.29. The van der Waals surface area contributed by atoms with Crippen molar-refractivity contribution in [3.63, 3.8) is 0 Å². The van der Waals surface area contributed by atoms with Crippen LogP contribution in [0.1, 0.15) is 20.3 Å². The molecule has 0 aromatic rings. The molecule has 0 amide bonds. The van der Waals surface area contributed by atoms with Crippen LogP contribution in [0, 0.1) is 0 Å². The molecule has 1 saturated heterocycles. The summed E-state index contributed by atoms with van der Waals surface area (Å²) in [5, 5.41) is 9.68. The summed E-state index contributed by atoms with van der Waals surface area (Å²) in [7, 11) is -3.00. The average Bonchev–Trinajstić information content (AvgIpc) is 2.45. The van der Waals surface area contributed by atoms with Gasteiger partial charge in [0.2, 0.25) is 0 Å². The van der Waals surface area contributed by atoms with E-state index in [1.807, 2.05) is 6.92 Å². The minimum absolute atomic E-state index is 0.384. The number of hydrogen-bond donors (Lipinski definition) is 2. The molecule has 5 atom stereocenters. The van der Waals surface area contributed by atoms with Crippen molar-refractivity contribution in [2.45, 2.75) is 44.7 Å². The molecule has 7 heteroatoms. The molecule has 1 aliphatic heterocycles. The van der Waals surface area contributed by atoms with Crippen LogP contribution in [0.3, 0.4) is 0 Å². The minimum atomic E-state index is -4.08. The van der Waals surface area contributed by atoms with Crippen molar-refractivity contribution in [2.24, 2.45) is 0 Å². The summed E-state index contributed by atoms with van der Waals surface area (Å²) in [6.45, 7) is 3.53. The molecule has 6 nitrogen and oxygen atoms in total. The normalized spacial score (nSPS) is 40.3. The highest BCUT2D eigenvalue weighted by atomic mass is 31.2. The monoisotopic (exact) mass is 240 g/mol. The van der Waals surface area contributed by atoms with E-state index in [1.165, 1.54) is 0 Å². The fourth-order valence-corrected chi connectivity index (χ4v) is 2.23. The average molecular weight is 240 g/mol. The molecular weight excluding hydrogens is 223 g/mol. The van der Waals surface area contributed by atoms with E-state index in [9.17, 15) is 9.67 Å². The van der Waals surface area contributed by atoms with Crippen LogP contribution in [-0.2, 0) is 18.3 Å². The maximum Gasteiger partial charge on any atom is 0.472 e. The lowest BCUT2D eigenvalue weighted by Crippen LogP contribution is -2.33. The molecule has 90 valence electrons. The molecular formula is C8H17O6P. The van der Waals surface area contributed by atoms with Gasteiger partial charge in [-0.3, -0.25) is 9.05 Å². The Bertz CT molecular complexity index is 258. The Morgan fingerprint density at radius 3 is 2.60 bits per heavy atom. The molecule has 2 unspecified atom stereocenters. The van der Waals surface area contributed by atoms with Crippen molar-refractivity contribution in [1.82, 2.24) is 0 Å². The number of phosphoric ester groups is 1. The van der Waals surface area contributed by atoms with Gasteiger partial charge in [-0.05, 0) is 13.3 Å². The number of aliphatic hydroxyl groups excluding tert-OH is 1. The van der Waals surface area contributed by atoms with E-state index < -0.39 is 26.1 Å². The smallest absolute Gasteiger partial charge is 0.388 e. The highest BCUT2D eigenvalue weighted by Crippen LogP contribution is 2.46. The number of aliphatic hydroxyl groups is 1. The van der Waals surface area contributed by atoms with Crippen molar-refractivity contribution < 1.29 is 28.3 Å². The van der Waals surface area contributed by atoms with Gasteiger partial charge in [-0.2, -0.15) is 0 Å². The number of ether oxygens (including phenoxy) is 1. The summed E-state index contributed by atoms with van der Waals surface area (Å²) in [5.74, 6) is 0. The van der Waals surface area contributed by atoms with Gasteiger partial charge < -0.3 is 14.7 Å². The third kappa shape index (κ3) is 3.00. The van der Waals surface area contributed by atoms with Gasteiger partial charge in [0.1, 0.15) is 12.2 Å². The van der Waals surface area contributed by atoms with Gasteiger partial charge in [0.05, 0.1) is 12.2 Å². The van der Waals surface area contributed by atoms with Crippen LogP contribution < -0.4 is 0 Å². The molecule has 1 fully saturated rings. The fourth-order valence-electron chi connectivity index (χ4n) is 1.58. The summed E-state index contributed by atoms with van der Waals surface area (Å²) in [6.07, 6.45) is -1.93. The summed E-state index contributed by atoms with van der Waals surface area (Å²) in [6, 6.07) is 0. The first kappa shape index (κ1) is 13.1. The van der Waals surface area contributed by atoms with E-state index in [-0.39, 0.29) is 6.10 Å². The molecule has 0 aromatic carbocycles. The highest BCUT2D eigenvalue weighted by molar-refractivity contribution is 7.47. The third-order valence-corrected chi connectivity index (χ3v) is 3.43. The van der Waals surface area contributed by atoms with E-state index in [0.29, 0.717) is 6.42 Å². The van der Waals surface area contributed by atoms with Crippen molar-refractivity contribution in [3.8, 4) is 0 Å². The number of rotatable bonds is 4. The summed E-state index contributed by atoms with van der Waals surface area (Å²) < 4.78 is 25.7. The van der Waals surface area contributed by atoms with Gasteiger partial charge >= 0.3 is 7.82 Å². The molecule has 1 rings (SSSR count). The quantitative estimate of drug-likeness (QED) is 0.703. The lowest BCUT2D eigenvalue weighted by atomic mass is 10.1. The molecule has 0 spiro atoms.